The quantitative estimate of drug-likeness (QED) is 0.487. The molecule has 2 unspecified atom stereocenters. The average Bonchev–Trinajstić information content (AvgIpc) is 2.45. The van der Waals surface area contributed by atoms with Crippen LogP contribution in [0.3, 0.4) is 0 Å². The maximum Gasteiger partial charge on any atom is 0.326 e. The summed E-state index contributed by atoms with van der Waals surface area (Å²) < 4.78 is 10.4. The fraction of sp³-hybridized carbons (Fsp3) is 0.714. The summed E-state index contributed by atoms with van der Waals surface area (Å²) in [7, 11) is 0. The van der Waals surface area contributed by atoms with Crippen molar-refractivity contribution >= 4 is 11.9 Å². The molecule has 0 aromatic heterocycles. The number of aliphatic carboxylic acids is 1. The van der Waals surface area contributed by atoms with E-state index in [1.807, 2.05) is 0 Å². The molecule has 6 heteroatoms. The molecule has 20 heavy (non-hydrogen) atoms. The van der Waals surface area contributed by atoms with E-state index in [9.17, 15) is 14.7 Å². The zero-order valence-electron chi connectivity index (χ0n) is 11.7. The highest BCUT2D eigenvalue weighted by molar-refractivity contribution is 5.83. The van der Waals surface area contributed by atoms with Crippen LogP contribution in [0.25, 0.3) is 0 Å². The highest BCUT2D eigenvalue weighted by Crippen LogP contribution is 2.18. The first-order chi connectivity index (χ1) is 9.65. The van der Waals surface area contributed by atoms with Crippen molar-refractivity contribution in [3.05, 3.63) is 12.7 Å². The third kappa shape index (κ3) is 6.16. The van der Waals surface area contributed by atoms with Gasteiger partial charge in [-0.25, -0.2) is 4.79 Å². The van der Waals surface area contributed by atoms with Crippen LogP contribution in [0.1, 0.15) is 25.7 Å². The van der Waals surface area contributed by atoms with Gasteiger partial charge in [-0.05, 0) is 19.3 Å². The molecule has 0 spiro atoms. The lowest BCUT2D eigenvalue weighted by atomic mass is 9.93. The minimum absolute atomic E-state index is 0.151. The van der Waals surface area contributed by atoms with Crippen LogP contribution >= 0.6 is 0 Å². The Bertz CT molecular complexity index is 326. The zero-order chi connectivity index (χ0) is 14.8. The maximum atomic E-state index is 11.7. The van der Waals surface area contributed by atoms with E-state index in [0.29, 0.717) is 32.8 Å². The van der Waals surface area contributed by atoms with Gasteiger partial charge in [0.2, 0.25) is 5.91 Å². The van der Waals surface area contributed by atoms with Gasteiger partial charge in [-0.3, -0.25) is 4.79 Å². The highest BCUT2D eigenvalue weighted by Gasteiger charge is 2.31. The first kappa shape index (κ1) is 16.7. The van der Waals surface area contributed by atoms with Crippen LogP contribution in [-0.2, 0) is 19.1 Å². The summed E-state index contributed by atoms with van der Waals surface area (Å²) in [6.45, 7) is 5.49. The first-order valence-corrected chi connectivity index (χ1v) is 6.93. The molecular weight excluding hydrogens is 262 g/mol. The Labute approximate surface area is 119 Å². The van der Waals surface area contributed by atoms with Crippen molar-refractivity contribution in [3.63, 3.8) is 0 Å². The molecule has 6 nitrogen and oxygen atoms in total. The van der Waals surface area contributed by atoms with E-state index >= 15 is 0 Å². The van der Waals surface area contributed by atoms with Crippen molar-refractivity contribution in [2.75, 3.05) is 26.4 Å². The van der Waals surface area contributed by atoms with Gasteiger partial charge in [-0.1, -0.05) is 6.08 Å². The summed E-state index contributed by atoms with van der Waals surface area (Å²) in [6, 6.07) is -0.864. The lowest BCUT2D eigenvalue weighted by Gasteiger charge is -2.28. The Kier molecular flexibility index (Phi) is 7.91. The van der Waals surface area contributed by atoms with E-state index in [-0.39, 0.29) is 18.2 Å². The lowest BCUT2D eigenvalue weighted by Crippen LogP contribution is -2.48. The van der Waals surface area contributed by atoms with Crippen molar-refractivity contribution < 1.29 is 24.2 Å². The van der Waals surface area contributed by atoms with Crippen LogP contribution in [0.5, 0.6) is 0 Å². The van der Waals surface area contributed by atoms with Crippen LogP contribution < -0.4 is 5.32 Å². The number of carbonyl (C=O) groups excluding carboxylic acids is 1. The standard InChI is InChI=1S/C14H23NO5/c1-2-7-19-8-4-6-12(16)15-13(14(17)18)11-5-3-9-20-10-11/h2,11,13H,1,3-10H2,(H,15,16)(H,17,18). The van der Waals surface area contributed by atoms with Gasteiger partial charge < -0.3 is 19.9 Å². The van der Waals surface area contributed by atoms with E-state index < -0.39 is 12.0 Å². The Morgan fingerprint density at radius 2 is 2.35 bits per heavy atom. The van der Waals surface area contributed by atoms with Crippen molar-refractivity contribution in [1.82, 2.24) is 5.32 Å². The summed E-state index contributed by atoms with van der Waals surface area (Å²) >= 11 is 0. The Hall–Kier alpha value is -1.40. The van der Waals surface area contributed by atoms with Crippen LogP contribution in [0, 0.1) is 5.92 Å². The number of ether oxygens (including phenoxy) is 2. The molecule has 114 valence electrons. The third-order valence-electron chi connectivity index (χ3n) is 3.18. The monoisotopic (exact) mass is 285 g/mol. The molecule has 2 N–H and O–H groups in total. The molecule has 0 aromatic rings. The van der Waals surface area contributed by atoms with Gasteiger partial charge in [0.15, 0.2) is 0 Å². The van der Waals surface area contributed by atoms with E-state index in [1.54, 1.807) is 6.08 Å². The second-order valence-electron chi connectivity index (χ2n) is 4.83. The highest BCUT2D eigenvalue weighted by atomic mass is 16.5. The van der Waals surface area contributed by atoms with Crippen LogP contribution in [-0.4, -0.2) is 49.5 Å². The zero-order valence-corrected chi connectivity index (χ0v) is 11.7. The Morgan fingerprint density at radius 1 is 1.55 bits per heavy atom. The molecular formula is C14H23NO5. The SMILES string of the molecule is C=CCOCCCC(=O)NC(C(=O)O)C1CCCOC1. The fourth-order valence-corrected chi connectivity index (χ4v) is 2.16. The average molecular weight is 285 g/mol. The number of carbonyl (C=O) groups is 2. The number of rotatable bonds is 9. The Balaban J connectivity index is 2.31. The Morgan fingerprint density at radius 3 is 2.95 bits per heavy atom. The van der Waals surface area contributed by atoms with E-state index in [1.165, 1.54) is 0 Å². The number of carboxylic acid groups (broad SMARTS) is 1. The third-order valence-corrected chi connectivity index (χ3v) is 3.18. The second-order valence-corrected chi connectivity index (χ2v) is 4.83. The normalized spacial score (nSPS) is 20.1. The van der Waals surface area contributed by atoms with Crippen molar-refractivity contribution in [3.8, 4) is 0 Å². The van der Waals surface area contributed by atoms with Crippen LogP contribution in [0.2, 0.25) is 0 Å². The lowest BCUT2D eigenvalue weighted by molar-refractivity contribution is -0.145. The predicted octanol–water partition coefficient (Wildman–Crippen LogP) is 0.965. The van der Waals surface area contributed by atoms with Gasteiger partial charge in [0.05, 0.1) is 13.2 Å². The summed E-state index contributed by atoms with van der Waals surface area (Å²) in [5.41, 5.74) is 0. The number of amides is 1. The number of carboxylic acids is 1. The maximum absolute atomic E-state index is 11.7. The summed E-state index contributed by atoms with van der Waals surface area (Å²) in [4.78, 5) is 23.0. The molecule has 0 saturated carbocycles. The summed E-state index contributed by atoms with van der Waals surface area (Å²) in [5, 5.41) is 11.8. The number of hydrogen-bond donors (Lipinski definition) is 2. The summed E-state index contributed by atoms with van der Waals surface area (Å²) in [6.07, 6.45) is 4.06. The molecule has 0 radical (unpaired) electrons. The fourth-order valence-electron chi connectivity index (χ4n) is 2.16. The minimum atomic E-state index is -1.00. The largest absolute Gasteiger partial charge is 0.480 e. The molecule has 0 aliphatic carbocycles. The van der Waals surface area contributed by atoms with Crippen molar-refractivity contribution in [2.45, 2.75) is 31.7 Å². The van der Waals surface area contributed by atoms with Gasteiger partial charge in [0, 0.05) is 25.6 Å². The molecule has 1 saturated heterocycles. The van der Waals surface area contributed by atoms with Crippen LogP contribution in [0.4, 0.5) is 0 Å². The molecule has 2 atom stereocenters. The van der Waals surface area contributed by atoms with Gasteiger partial charge in [0.1, 0.15) is 6.04 Å². The topological polar surface area (TPSA) is 84.9 Å². The van der Waals surface area contributed by atoms with Crippen molar-refractivity contribution in [2.24, 2.45) is 5.92 Å². The number of nitrogens with one attached hydrogen (secondary N) is 1. The molecule has 1 amide bonds. The molecule has 1 rings (SSSR count). The molecule has 1 aliphatic rings. The summed E-state index contributed by atoms with van der Waals surface area (Å²) in [5.74, 6) is -1.41. The van der Waals surface area contributed by atoms with E-state index in [0.717, 1.165) is 12.8 Å². The molecule has 1 fully saturated rings. The van der Waals surface area contributed by atoms with E-state index in [2.05, 4.69) is 11.9 Å². The smallest absolute Gasteiger partial charge is 0.326 e. The second kappa shape index (κ2) is 9.50. The van der Waals surface area contributed by atoms with Gasteiger partial charge in [-0.15, -0.1) is 6.58 Å². The number of hydrogen-bond acceptors (Lipinski definition) is 4. The van der Waals surface area contributed by atoms with Gasteiger partial charge >= 0.3 is 5.97 Å². The first-order valence-electron chi connectivity index (χ1n) is 6.93. The predicted molar refractivity (Wildman–Crippen MR) is 73.4 cm³/mol. The molecule has 1 heterocycles. The molecule has 0 aromatic carbocycles. The van der Waals surface area contributed by atoms with Gasteiger partial charge in [0.25, 0.3) is 0 Å². The molecule has 1 aliphatic heterocycles. The van der Waals surface area contributed by atoms with E-state index in [4.69, 9.17) is 9.47 Å². The minimum Gasteiger partial charge on any atom is -0.480 e. The van der Waals surface area contributed by atoms with Crippen molar-refractivity contribution in [1.29, 1.82) is 0 Å². The molecule has 0 bridgehead atoms. The van der Waals surface area contributed by atoms with Gasteiger partial charge in [-0.2, -0.15) is 0 Å². The van der Waals surface area contributed by atoms with Crippen LogP contribution in [0.15, 0.2) is 12.7 Å².